The number of nitrogens with one attached hydrogen (secondary N) is 1. The number of thiazole rings is 1. The molecule has 9 heteroatoms. The van der Waals surface area contributed by atoms with Crippen LogP contribution in [-0.4, -0.2) is 20.1 Å². The Morgan fingerprint density at radius 2 is 1.75 bits per heavy atom. The first-order chi connectivity index (χ1) is 15.3. The molecule has 1 heterocycles. The summed E-state index contributed by atoms with van der Waals surface area (Å²) in [6.07, 6.45) is 0. The maximum Gasteiger partial charge on any atom is 0.308 e. The molecule has 3 aromatic carbocycles. The van der Waals surface area contributed by atoms with Gasteiger partial charge in [0, 0.05) is 11.1 Å². The van der Waals surface area contributed by atoms with Gasteiger partial charge >= 0.3 is 4.87 Å². The summed E-state index contributed by atoms with van der Waals surface area (Å²) in [7, 11) is -2.20. The second-order valence-electron chi connectivity index (χ2n) is 7.33. The number of nitrogens with zero attached hydrogens (tertiary/aromatic N) is 1. The van der Waals surface area contributed by atoms with Gasteiger partial charge in [-0.15, -0.1) is 0 Å². The van der Waals surface area contributed by atoms with Gasteiger partial charge in [0.2, 0.25) is 10.0 Å². The average molecular weight is 489 g/mol. The second-order valence-corrected chi connectivity index (χ2v) is 10.5. The van der Waals surface area contributed by atoms with E-state index in [1.807, 2.05) is 24.3 Å². The number of sulfonamides is 1. The summed E-state index contributed by atoms with van der Waals surface area (Å²) in [6, 6.07) is 18.8. The number of hydrogen-bond donors (Lipinski definition) is 1. The van der Waals surface area contributed by atoms with E-state index in [1.165, 1.54) is 6.07 Å². The first kappa shape index (κ1) is 22.5. The Kier molecular flexibility index (Phi) is 6.39. The van der Waals surface area contributed by atoms with E-state index in [-0.39, 0.29) is 9.77 Å². The van der Waals surface area contributed by atoms with Gasteiger partial charge in [0.05, 0.1) is 28.8 Å². The molecule has 0 unspecified atom stereocenters. The summed E-state index contributed by atoms with van der Waals surface area (Å²) in [5, 5.41) is 0.627. The molecule has 166 valence electrons. The van der Waals surface area contributed by atoms with Crippen molar-refractivity contribution in [2.75, 3.05) is 7.11 Å². The van der Waals surface area contributed by atoms with Crippen molar-refractivity contribution in [1.82, 2.24) is 9.29 Å². The van der Waals surface area contributed by atoms with Crippen LogP contribution < -0.4 is 14.3 Å². The fourth-order valence-corrected chi connectivity index (χ4v) is 5.79. The van der Waals surface area contributed by atoms with E-state index in [9.17, 15) is 13.2 Å². The molecule has 0 saturated heterocycles. The number of ether oxygens (including phenoxy) is 1. The van der Waals surface area contributed by atoms with Crippen LogP contribution in [-0.2, 0) is 16.6 Å². The molecule has 6 nitrogen and oxygen atoms in total. The van der Waals surface area contributed by atoms with Crippen LogP contribution in [0.2, 0.25) is 5.02 Å². The minimum Gasteiger partial charge on any atom is -0.497 e. The molecule has 0 aliphatic heterocycles. The van der Waals surface area contributed by atoms with Gasteiger partial charge in [-0.05, 0) is 60.5 Å². The number of fused-ring (bicyclic) bond motifs is 1. The van der Waals surface area contributed by atoms with Gasteiger partial charge in [0.1, 0.15) is 5.75 Å². The quantitative estimate of drug-likeness (QED) is 0.405. The number of rotatable bonds is 7. The van der Waals surface area contributed by atoms with E-state index in [0.717, 1.165) is 22.5 Å². The lowest BCUT2D eigenvalue weighted by Gasteiger charge is -2.15. The monoisotopic (exact) mass is 488 g/mol. The van der Waals surface area contributed by atoms with E-state index in [0.29, 0.717) is 27.5 Å². The Bertz CT molecular complexity index is 1410. The number of halogens is 1. The standard InChI is InChI=1S/C23H21ClN2O4S2/c1-15(17-5-9-19(30-2)10-6-17)25-32(28,29)20-11-12-21-22(13-20)31-23(27)26(21)14-16-3-7-18(24)8-4-16/h3-13,15,25H,14H2,1-2H3/t15-/m0/s1. The molecule has 0 fully saturated rings. The summed E-state index contributed by atoms with van der Waals surface area (Å²) in [4.78, 5) is 12.5. The average Bonchev–Trinajstić information content (AvgIpc) is 3.09. The minimum absolute atomic E-state index is 0.116. The number of methoxy groups -OCH3 is 1. The highest BCUT2D eigenvalue weighted by atomic mass is 35.5. The SMILES string of the molecule is COc1ccc([C@H](C)NS(=O)(=O)c2ccc3c(c2)sc(=O)n3Cc2ccc(Cl)cc2)cc1. The highest BCUT2D eigenvalue weighted by molar-refractivity contribution is 7.89. The van der Waals surface area contributed by atoms with Crippen molar-refractivity contribution in [1.29, 1.82) is 0 Å². The molecule has 0 aliphatic rings. The molecule has 1 atom stereocenters. The van der Waals surface area contributed by atoms with Crippen molar-refractivity contribution >= 4 is 43.2 Å². The van der Waals surface area contributed by atoms with Crippen LogP contribution in [0.5, 0.6) is 5.75 Å². The van der Waals surface area contributed by atoms with Gasteiger partial charge in [-0.25, -0.2) is 13.1 Å². The van der Waals surface area contributed by atoms with Crippen LogP contribution in [0.4, 0.5) is 0 Å². The molecular weight excluding hydrogens is 468 g/mol. The predicted octanol–water partition coefficient (Wildman–Crippen LogP) is 4.81. The van der Waals surface area contributed by atoms with Gasteiger partial charge in [0.15, 0.2) is 0 Å². The Morgan fingerprint density at radius 3 is 2.41 bits per heavy atom. The molecule has 0 saturated carbocycles. The molecule has 32 heavy (non-hydrogen) atoms. The van der Waals surface area contributed by atoms with Crippen molar-refractivity contribution in [2.45, 2.75) is 24.4 Å². The second kappa shape index (κ2) is 9.07. The van der Waals surface area contributed by atoms with E-state index in [4.69, 9.17) is 16.3 Å². The summed E-state index contributed by atoms with van der Waals surface area (Å²) in [5.41, 5.74) is 2.44. The van der Waals surface area contributed by atoms with E-state index in [2.05, 4.69) is 4.72 Å². The summed E-state index contributed by atoms with van der Waals surface area (Å²) >= 11 is 6.96. The first-order valence-electron chi connectivity index (χ1n) is 9.81. The molecular formula is C23H21ClN2O4S2. The van der Waals surface area contributed by atoms with Crippen molar-refractivity contribution < 1.29 is 13.2 Å². The molecule has 1 aromatic heterocycles. The highest BCUT2D eigenvalue weighted by Crippen LogP contribution is 2.25. The molecule has 4 aromatic rings. The fraction of sp³-hybridized carbons (Fsp3) is 0.174. The number of hydrogen-bond acceptors (Lipinski definition) is 5. The van der Waals surface area contributed by atoms with Gasteiger partial charge in [-0.3, -0.25) is 9.36 Å². The molecule has 0 amide bonds. The third-order valence-electron chi connectivity index (χ3n) is 5.15. The Balaban J connectivity index is 1.60. The van der Waals surface area contributed by atoms with Gasteiger partial charge in [-0.1, -0.05) is 47.2 Å². The smallest absolute Gasteiger partial charge is 0.308 e. The Morgan fingerprint density at radius 1 is 1.06 bits per heavy atom. The molecule has 0 bridgehead atoms. The van der Waals surface area contributed by atoms with E-state index < -0.39 is 16.1 Å². The molecule has 0 radical (unpaired) electrons. The molecule has 0 aliphatic carbocycles. The van der Waals surface area contributed by atoms with Crippen molar-refractivity contribution in [2.24, 2.45) is 0 Å². The zero-order valence-corrected chi connectivity index (χ0v) is 19.8. The Hall–Kier alpha value is -2.65. The normalized spacial score (nSPS) is 12.7. The minimum atomic E-state index is -3.78. The fourth-order valence-electron chi connectivity index (χ4n) is 3.40. The van der Waals surface area contributed by atoms with Crippen LogP contribution in [0, 0.1) is 0 Å². The third kappa shape index (κ3) is 4.73. The maximum absolute atomic E-state index is 13.0. The van der Waals surface area contributed by atoms with Crippen molar-refractivity contribution in [3.63, 3.8) is 0 Å². The van der Waals surface area contributed by atoms with Crippen LogP contribution in [0.3, 0.4) is 0 Å². The lowest BCUT2D eigenvalue weighted by Crippen LogP contribution is -2.26. The van der Waals surface area contributed by atoms with E-state index in [1.54, 1.807) is 55.0 Å². The van der Waals surface area contributed by atoms with Gasteiger partial charge < -0.3 is 4.74 Å². The zero-order chi connectivity index (χ0) is 22.9. The van der Waals surface area contributed by atoms with Gasteiger partial charge in [0.25, 0.3) is 0 Å². The number of benzene rings is 3. The summed E-state index contributed by atoms with van der Waals surface area (Å²) < 4.78 is 36.0. The predicted molar refractivity (Wildman–Crippen MR) is 128 cm³/mol. The molecule has 4 rings (SSSR count). The van der Waals surface area contributed by atoms with Crippen LogP contribution in [0.15, 0.2) is 76.4 Å². The zero-order valence-electron chi connectivity index (χ0n) is 17.4. The summed E-state index contributed by atoms with van der Waals surface area (Å²) in [5.74, 6) is 0.701. The van der Waals surface area contributed by atoms with Crippen LogP contribution in [0.1, 0.15) is 24.1 Å². The largest absolute Gasteiger partial charge is 0.497 e. The number of aromatic nitrogens is 1. The first-order valence-corrected chi connectivity index (χ1v) is 12.5. The van der Waals surface area contributed by atoms with Crippen molar-refractivity contribution in [3.8, 4) is 5.75 Å². The van der Waals surface area contributed by atoms with E-state index >= 15 is 0 Å². The van der Waals surface area contributed by atoms with Crippen LogP contribution >= 0.6 is 22.9 Å². The lowest BCUT2D eigenvalue weighted by atomic mass is 10.1. The van der Waals surface area contributed by atoms with Crippen LogP contribution in [0.25, 0.3) is 10.2 Å². The van der Waals surface area contributed by atoms with Crippen molar-refractivity contribution in [3.05, 3.63) is 92.5 Å². The maximum atomic E-state index is 13.0. The summed E-state index contributed by atoms with van der Waals surface area (Å²) in [6.45, 7) is 2.16. The highest BCUT2D eigenvalue weighted by Gasteiger charge is 2.20. The lowest BCUT2D eigenvalue weighted by molar-refractivity contribution is 0.414. The Labute approximate surface area is 195 Å². The third-order valence-corrected chi connectivity index (χ3v) is 7.88. The molecule has 0 spiro atoms. The van der Waals surface area contributed by atoms with Gasteiger partial charge in [-0.2, -0.15) is 0 Å². The topological polar surface area (TPSA) is 77.4 Å². The molecule has 1 N–H and O–H groups in total.